The number of carbonyl (C=O) groups excluding carboxylic acids is 1. The molecular weight excluding hydrogens is 226 g/mol. The van der Waals surface area contributed by atoms with Gasteiger partial charge in [0.15, 0.2) is 0 Å². The summed E-state index contributed by atoms with van der Waals surface area (Å²) in [5.74, 6) is 0.00395. The normalized spacial score (nSPS) is 11.3. The van der Waals surface area contributed by atoms with E-state index in [0.29, 0.717) is 0 Å². The zero-order valence-corrected chi connectivity index (χ0v) is 10.8. The Morgan fingerprint density at radius 1 is 1.33 bits per heavy atom. The third kappa shape index (κ3) is 2.77. The lowest BCUT2D eigenvalue weighted by molar-refractivity contribution is -0.123. The van der Waals surface area contributed by atoms with Crippen LogP contribution in [0.4, 0.5) is 5.69 Å². The van der Waals surface area contributed by atoms with Crippen molar-refractivity contribution in [2.75, 3.05) is 5.32 Å². The molecule has 94 valence electrons. The Bertz CT molecular complexity index is 538. The van der Waals surface area contributed by atoms with Gasteiger partial charge in [-0.3, -0.25) is 4.79 Å². The lowest BCUT2D eigenvalue weighted by atomic mass is 9.95. The smallest absolute Gasteiger partial charge is 0.229 e. The van der Waals surface area contributed by atoms with E-state index < -0.39 is 5.41 Å². The Morgan fingerprint density at radius 2 is 2.11 bits per heavy atom. The van der Waals surface area contributed by atoms with Crippen molar-refractivity contribution >= 4 is 11.6 Å². The lowest BCUT2D eigenvalue weighted by Gasteiger charge is -2.17. The molecule has 0 bridgehead atoms. The van der Waals surface area contributed by atoms with Crippen molar-refractivity contribution in [3.8, 4) is 11.3 Å². The van der Waals surface area contributed by atoms with Gasteiger partial charge < -0.3 is 10.3 Å². The van der Waals surface area contributed by atoms with Crippen LogP contribution in [0.1, 0.15) is 20.8 Å². The minimum Gasteiger partial charge on any atom is -0.345 e. The second kappa shape index (κ2) is 4.64. The van der Waals surface area contributed by atoms with Crippen molar-refractivity contribution < 1.29 is 4.79 Å². The van der Waals surface area contributed by atoms with Crippen LogP contribution in [0, 0.1) is 5.41 Å². The molecular formula is C14H17N3O. The molecule has 0 unspecified atom stereocenters. The number of nitrogens with one attached hydrogen (secondary N) is 2. The first-order valence-corrected chi connectivity index (χ1v) is 5.87. The number of H-pyrrole nitrogens is 1. The fraction of sp³-hybridized carbons (Fsp3) is 0.286. The highest BCUT2D eigenvalue weighted by Gasteiger charge is 2.21. The maximum Gasteiger partial charge on any atom is 0.229 e. The van der Waals surface area contributed by atoms with Gasteiger partial charge in [-0.15, -0.1) is 0 Å². The van der Waals surface area contributed by atoms with Crippen LogP contribution >= 0.6 is 0 Å². The van der Waals surface area contributed by atoms with Crippen LogP contribution < -0.4 is 5.32 Å². The minimum absolute atomic E-state index is 0.00395. The molecule has 0 aliphatic rings. The third-order valence-electron chi connectivity index (χ3n) is 2.61. The average Bonchev–Trinajstić information content (AvgIpc) is 2.81. The first kappa shape index (κ1) is 12.4. The number of amides is 1. The fourth-order valence-corrected chi connectivity index (χ4v) is 1.50. The summed E-state index contributed by atoms with van der Waals surface area (Å²) in [6.45, 7) is 5.67. The number of carbonyl (C=O) groups is 1. The van der Waals surface area contributed by atoms with E-state index in [1.54, 1.807) is 12.5 Å². The van der Waals surface area contributed by atoms with Crippen LogP contribution in [0.15, 0.2) is 36.8 Å². The molecule has 4 heteroatoms. The zero-order chi connectivity index (χ0) is 13.2. The summed E-state index contributed by atoms with van der Waals surface area (Å²) in [7, 11) is 0. The largest absolute Gasteiger partial charge is 0.345 e. The number of aromatic nitrogens is 2. The molecule has 1 aromatic heterocycles. The molecule has 0 aliphatic carbocycles. The molecule has 0 radical (unpaired) electrons. The number of hydrogen-bond donors (Lipinski definition) is 2. The van der Waals surface area contributed by atoms with Gasteiger partial charge >= 0.3 is 0 Å². The Balaban J connectivity index is 2.21. The van der Waals surface area contributed by atoms with E-state index in [2.05, 4.69) is 15.3 Å². The molecule has 2 rings (SSSR count). The van der Waals surface area contributed by atoms with E-state index >= 15 is 0 Å². The molecule has 1 heterocycles. The Morgan fingerprint density at radius 3 is 2.72 bits per heavy atom. The van der Waals surface area contributed by atoms with Gasteiger partial charge in [-0.05, 0) is 12.1 Å². The van der Waals surface area contributed by atoms with Gasteiger partial charge in [0.25, 0.3) is 0 Å². The van der Waals surface area contributed by atoms with Gasteiger partial charge in [0.1, 0.15) is 0 Å². The maximum atomic E-state index is 11.9. The van der Waals surface area contributed by atoms with Crippen molar-refractivity contribution in [2.24, 2.45) is 5.41 Å². The summed E-state index contributed by atoms with van der Waals surface area (Å²) in [5.41, 5.74) is 2.33. The number of aromatic amines is 1. The van der Waals surface area contributed by atoms with Crippen LogP contribution in [-0.4, -0.2) is 15.9 Å². The van der Waals surface area contributed by atoms with Crippen LogP contribution in [-0.2, 0) is 4.79 Å². The topological polar surface area (TPSA) is 57.8 Å². The second-order valence-electron chi connectivity index (χ2n) is 5.25. The van der Waals surface area contributed by atoms with E-state index in [-0.39, 0.29) is 5.91 Å². The van der Waals surface area contributed by atoms with E-state index in [1.807, 2.05) is 45.0 Å². The monoisotopic (exact) mass is 243 g/mol. The van der Waals surface area contributed by atoms with Gasteiger partial charge in [0.05, 0.1) is 18.2 Å². The van der Waals surface area contributed by atoms with Gasteiger partial charge in [-0.1, -0.05) is 32.9 Å². The maximum absolute atomic E-state index is 11.9. The van der Waals surface area contributed by atoms with Crippen LogP contribution in [0.25, 0.3) is 11.3 Å². The van der Waals surface area contributed by atoms with Crippen molar-refractivity contribution in [3.63, 3.8) is 0 Å². The van der Waals surface area contributed by atoms with Crippen LogP contribution in [0.2, 0.25) is 0 Å². The molecule has 0 aliphatic heterocycles. The Labute approximate surface area is 106 Å². The van der Waals surface area contributed by atoms with Gasteiger partial charge in [-0.25, -0.2) is 4.98 Å². The van der Waals surface area contributed by atoms with Crippen molar-refractivity contribution in [2.45, 2.75) is 20.8 Å². The molecule has 1 amide bonds. The van der Waals surface area contributed by atoms with E-state index in [4.69, 9.17) is 0 Å². The molecule has 2 N–H and O–H groups in total. The SMILES string of the molecule is CC(C)(C)C(=O)Nc1cccc(-c2cnc[nH]2)c1. The average molecular weight is 243 g/mol. The minimum atomic E-state index is -0.399. The summed E-state index contributed by atoms with van der Waals surface area (Å²) in [5, 5.41) is 2.91. The Kier molecular flexibility index (Phi) is 3.19. The molecule has 0 saturated heterocycles. The number of hydrogen-bond acceptors (Lipinski definition) is 2. The summed E-state index contributed by atoms with van der Waals surface area (Å²) in [6.07, 6.45) is 3.39. The molecule has 18 heavy (non-hydrogen) atoms. The summed E-state index contributed by atoms with van der Waals surface area (Å²) >= 11 is 0. The predicted molar refractivity (Wildman–Crippen MR) is 72.1 cm³/mol. The predicted octanol–water partition coefficient (Wildman–Crippen LogP) is 3.06. The lowest BCUT2D eigenvalue weighted by Crippen LogP contribution is -2.27. The summed E-state index contributed by atoms with van der Waals surface area (Å²) < 4.78 is 0. The van der Waals surface area contributed by atoms with Crippen molar-refractivity contribution in [1.29, 1.82) is 0 Å². The fourth-order valence-electron chi connectivity index (χ4n) is 1.50. The highest BCUT2D eigenvalue weighted by atomic mass is 16.2. The number of benzene rings is 1. The number of nitrogens with zero attached hydrogens (tertiary/aromatic N) is 1. The summed E-state index contributed by atoms with van der Waals surface area (Å²) in [4.78, 5) is 18.9. The van der Waals surface area contributed by atoms with Crippen molar-refractivity contribution in [1.82, 2.24) is 9.97 Å². The molecule has 0 saturated carbocycles. The zero-order valence-electron chi connectivity index (χ0n) is 10.8. The van der Waals surface area contributed by atoms with Crippen LogP contribution in [0.5, 0.6) is 0 Å². The second-order valence-corrected chi connectivity index (χ2v) is 5.25. The first-order valence-electron chi connectivity index (χ1n) is 5.87. The van der Waals surface area contributed by atoms with E-state index in [9.17, 15) is 4.79 Å². The number of anilines is 1. The molecule has 2 aromatic rings. The highest BCUT2D eigenvalue weighted by Crippen LogP contribution is 2.22. The van der Waals surface area contributed by atoms with Crippen LogP contribution in [0.3, 0.4) is 0 Å². The number of imidazole rings is 1. The standard InChI is InChI=1S/C14H17N3O/c1-14(2,3)13(18)17-11-6-4-5-10(7-11)12-8-15-9-16-12/h4-9H,1-3H3,(H,15,16)(H,17,18). The van der Waals surface area contributed by atoms with Gasteiger partial charge in [0.2, 0.25) is 5.91 Å². The highest BCUT2D eigenvalue weighted by molar-refractivity contribution is 5.95. The molecule has 0 spiro atoms. The Hall–Kier alpha value is -2.10. The van der Waals surface area contributed by atoms with Crippen molar-refractivity contribution in [3.05, 3.63) is 36.8 Å². The molecule has 1 aromatic carbocycles. The van der Waals surface area contributed by atoms with Gasteiger partial charge in [0, 0.05) is 16.7 Å². The van der Waals surface area contributed by atoms with E-state index in [1.165, 1.54) is 0 Å². The molecule has 4 nitrogen and oxygen atoms in total. The summed E-state index contributed by atoms with van der Waals surface area (Å²) in [6, 6.07) is 7.69. The number of rotatable bonds is 2. The third-order valence-corrected chi connectivity index (χ3v) is 2.61. The van der Waals surface area contributed by atoms with E-state index in [0.717, 1.165) is 16.9 Å². The molecule has 0 fully saturated rings. The quantitative estimate of drug-likeness (QED) is 0.851. The van der Waals surface area contributed by atoms with Gasteiger partial charge in [-0.2, -0.15) is 0 Å². The first-order chi connectivity index (χ1) is 8.47. The molecule has 0 atom stereocenters.